The van der Waals surface area contributed by atoms with E-state index in [9.17, 15) is 9.59 Å². The van der Waals surface area contributed by atoms with Crippen LogP contribution in [-0.4, -0.2) is 28.3 Å². The first kappa shape index (κ1) is 12.9. The number of hydrogen-bond acceptors (Lipinski definition) is 2. The number of nitrogens with one attached hydrogen (secondary N) is 1. The van der Waals surface area contributed by atoms with Gasteiger partial charge in [-0.2, -0.15) is 0 Å². The third-order valence-electron chi connectivity index (χ3n) is 5.07. The minimum absolute atomic E-state index is 0.0224. The summed E-state index contributed by atoms with van der Waals surface area (Å²) in [5.41, 5.74) is 0.772. The lowest BCUT2D eigenvalue weighted by atomic mass is 9.95. The van der Waals surface area contributed by atoms with Crippen LogP contribution >= 0.6 is 0 Å². The number of benzene rings is 1. The summed E-state index contributed by atoms with van der Waals surface area (Å²) in [6, 6.07) is 8.89. The Kier molecular flexibility index (Phi) is 2.65. The van der Waals surface area contributed by atoms with Gasteiger partial charge in [-0.3, -0.25) is 9.59 Å². The normalized spacial score (nSPS) is 31.0. The van der Waals surface area contributed by atoms with E-state index >= 15 is 0 Å². The van der Waals surface area contributed by atoms with Gasteiger partial charge in [0.1, 0.15) is 12.1 Å². The quantitative estimate of drug-likeness (QED) is 0.923. The number of nitrogens with zero attached hydrogens (tertiary/aromatic N) is 1. The van der Waals surface area contributed by atoms with E-state index in [4.69, 9.17) is 0 Å². The highest BCUT2D eigenvalue weighted by Crippen LogP contribution is 2.48. The predicted octanol–water partition coefficient (Wildman–Crippen LogP) is 2.02. The molecular formula is C17H20N2O2. The lowest BCUT2D eigenvalue weighted by Crippen LogP contribution is -2.62. The van der Waals surface area contributed by atoms with Crippen LogP contribution in [0.5, 0.6) is 0 Å². The van der Waals surface area contributed by atoms with Crippen LogP contribution in [0.1, 0.15) is 44.2 Å². The lowest BCUT2D eigenvalue weighted by Gasteiger charge is -2.43. The molecule has 1 heterocycles. The van der Waals surface area contributed by atoms with Gasteiger partial charge in [0, 0.05) is 5.54 Å². The number of amides is 2. The summed E-state index contributed by atoms with van der Waals surface area (Å²) < 4.78 is 0. The Bertz CT molecular complexity index is 590. The second-order valence-corrected chi connectivity index (χ2v) is 6.84. The largest absolute Gasteiger partial charge is 0.342 e. The second kappa shape index (κ2) is 4.33. The minimum Gasteiger partial charge on any atom is -0.342 e. The average molecular weight is 284 g/mol. The average Bonchev–Trinajstić information content (AvgIpc) is 3.38. The molecule has 0 spiro atoms. The molecule has 1 N–H and O–H groups in total. The molecule has 0 bridgehead atoms. The molecule has 21 heavy (non-hydrogen) atoms. The van der Waals surface area contributed by atoms with E-state index in [2.05, 4.69) is 12.2 Å². The summed E-state index contributed by atoms with van der Waals surface area (Å²) in [6.07, 6.45) is 4.09. The van der Waals surface area contributed by atoms with Crippen molar-refractivity contribution < 1.29 is 9.59 Å². The van der Waals surface area contributed by atoms with Crippen molar-refractivity contribution in [1.82, 2.24) is 10.2 Å². The molecule has 2 unspecified atom stereocenters. The monoisotopic (exact) mass is 284 g/mol. The van der Waals surface area contributed by atoms with Crippen LogP contribution in [-0.2, 0) is 9.59 Å². The van der Waals surface area contributed by atoms with E-state index in [1.54, 1.807) is 0 Å². The van der Waals surface area contributed by atoms with Gasteiger partial charge in [0.2, 0.25) is 11.8 Å². The Balaban J connectivity index is 1.74. The van der Waals surface area contributed by atoms with Crippen LogP contribution in [0.15, 0.2) is 30.3 Å². The van der Waals surface area contributed by atoms with Crippen LogP contribution < -0.4 is 5.32 Å². The van der Waals surface area contributed by atoms with Crippen molar-refractivity contribution in [2.24, 2.45) is 5.92 Å². The standard InChI is InChI=1S/C17H20N2O2/c1-17(9-10-17)19-14(12-5-3-2-4-6-12)15(20)18-13(16(19)21)11-7-8-11/h2-6,11,13-14H,7-10H2,1H3,(H,18,20). The van der Waals surface area contributed by atoms with E-state index < -0.39 is 6.04 Å². The van der Waals surface area contributed by atoms with Crippen LogP contribution in [0.25, 0.3) is 0 Å². The molecule has 2 saturated carbocycles. The first-order valence-electron chi connectivity index (χ1n) is 7.79. The van der Waals surface area contributed by atoms with E-state index in [0.717, 1.165) is 31.2 Å². The van der Waals surface area contributed by atoms with Gasteiger partial charge >= 0.3 is 0 Å². The Hall–Kier alpha value is -1.84. The molecule has 4 heteroatoms. The Labute approximate surface area is 124 Å². The Morgan fingerprint density at radius 3 is 2.38 bits per heavy atom. The molecule has 110 valence electrons. The zero-order chi connectivity index (χ0) is 14.6. The molecule has 4 rings (SSSR count). The second-order valence-electron chi connectivity index (χ2n) is 6.84. The van der Waals surface area contributed by atoms with Gasteiger partial charge in [0.25, 0.3) is 0 Å². The number of carbonyl (C=O) groups excluding carboxylic acids is 2. The van der Waals surface area contributed by atoms with Crippen LogP contribution in [0.2, 0.25) is 0 Å². The SMILES string of the molecule is CC1(N2C(=O)C(C3CC3)NC(=O)C2c2ccccc2)CC1. The molecule has 3 aliphatic rings. The molecule has 0 aromatic heterocycles. The lowest BCUT2D eigenvalue weighted by molar-refractivity contribution is -0.154. The summed E-state index contributed by atoms with van der Waals surface area (Å²) in [5, 5.41) is 2.98. The van der Waals surface area contributed by atoms with E-state index in [1.165, 1.54) is 0 Å². The van der Waals surface area contributed by atoms with E-state index in [-0.39, 0.29) is 23.4 Å². The molecule has 1 aliphatic heterocycles. The first-order valence-corrected chi connectivity index (χ1v) is 7.79. The predicted molar refractivity (Wildman–Crippen MR) is 78.3 cm³/mol. The van der Waals surface area contributed by atoms with Gasteiger partial charge in [-0.1, -0.05) is 30.3 Å². The highest BCUT2D eigenvalue weighted by atomic mass is 16.2. The zero-order valence-electron chi connectivity index (χ0n) is 12.2. The Morgan fingerprint density at radius 1 is 1.14 bits per heavy atom. The number of hydrogen-bond donors (Lipinski definition) is 1. The summed E-state index contributed by atoms with van der Waals surface area (Å²) >= 11 is 0. The smallest absolute Gasteiger partial charge is 0.248 e. The van der Waals surface area contributed by atoms with Crippen LogP contribution in [0.3, 0.4) is 0 Å². The van der Waals surface area contributed by atoms with Gasteiger partial charge in [-0.15, -0.1) is 0 Å². The molecule has 2 atom stereocenters. The topological polar surface area (TPSA) is 49.4 Å². The van der Waals surface area contributed by atoms with Crippen molar-refractivity contribution in [3.63, 3.8) is 0 Å². The summed E-state index contributed by atoms with van der Waals surface area (Å²) in [4.78, 5) is 27.5. The maximum Gasteiger partial charge on any atom is 0.248 e. The molecule has 1 aromatic rings. The summed E-state index contributed by atoms with van der Waals surface area (Å²) in [7, 11) is 0. The highest BCUT2D eigenvalue weighted by molar-refractivity contribution is 5.98. The summed E-state index contributed by atoms with van der Waals surface area (Å²) in [5.74, 6) is 0.444. The third kappa shape index (κ3) is 2.04. The fourth-order valence-corrected chi connectivity index (χ4v) is 3.37. The molecular weight excluding hydrogens is 264 g/mol. The molecule has 2 amide bonds. The van der Waals surface area contributed by atoms with Gasteiger partial charge < -0.3 is 10.2 Å². The molecule has 2 aliphatic carbocycles. The van der Waals surface area contributed by atoms with Crippen molar-refractivity contribution in [3.8, 4) is 0 Å². The zero-order valence-corrected chi connectivity index (χ0v) is 12.2. The number of rotatable bonds is 3. The maximum atomic E-state index is 12.9. The number of carbonyl (C=O) groups is 2. The van der Waals surface area contributed by atoms with Gasteiger partial charge in [0.15, 0.2) is 0 Å². The third-order valence-corrected chi connectivity index (χ3v) is 5.07. The highest BCUT2D eigenvalue weighted by Gasteiger charge is 2.56. The first-order chi connectivity index (χ1) is 10.1. The van der Waals surface area contributed by atoms with Crippen molar-refractivity contribution in [2.75, 3.05) is 0 Å². The number of piperazine rings is 1. The van der Waals surface area contributed by atoms with Gasteiger partial charge in [-0.25, -0.2) is 0 Å². The molecule has 4 nitrogen and oxygen atoms in total. The van der Waals surface area contributed by atoms with Gasteiger partial charge in [-0.05, 0) is 44.1 Å². The van der Waals surface area contributed by atoms with Crippen molar-refractivity contribution >= 4 is 11.8 Å². The molecule has 3 fully saturated rings. The van der Waals surface area contributed by atoms with Crippen LogP contribution in [0, 0.1) is 5.92 Å². The maximum absolute atomic E-state index is 12.9. The Morgan fingerprint density at radius 2 is 1.81 bits per heavy atom. The molecule has 0 radical (unpaired) electrons. The van der Waals surface area contributed by atoms with E-state index in [1.807, 2.05) is 35.2 Å². The fraction of sp³-hybridized carbons (Fsp3) is 0.529. The molecule has 1 aromatic carbocycles. The van der Waals surface area contributed by atoms with Crippen LogP contribution in [0.4, 0.5) is 0 Å². The van der Waals surface area contributed by atoms with E-state index in [0.29, 0.717) is 5.92 Å². The molecule has 1 saturated heterocycles. The summed E-state index contributed by atoms with van der Waals surface area (Å²) in [6.45, 7) is 2.10. The minimum atomic E-state index is -0.471. The van der Waals surface area contributed by atoms with Crippen molar-refractivity contribution in [1.29, 1.82) is 0 Å². The fourth-order valence-electron chi connectivity index (χ4n) is 3.37. The van der Waals surface area contributed by atoms with Crippen molar-refractivity contribution in [3.05, 3.63) is 35.9 Å². The van der Waals surface area contributed by atoms with Gasteiger partial charge in [0.05, 0.1) is 0 Å². The van der Waals surface area contributed by atoms with Crippen molar-refractivity contribution in [2.45, 2.75) is 50.2 Å².